The Labute approximate surface area is 111 Å². The second-order valence-corrected chi connectivity index (χ2v) is 6.52. The van der Waals surface area contributed by atoms with E-state index in [1.165, 1.54) is 19.3 Å². The number of carbonyl (C=O) groups is 1. The number of amides is 1. The van der Waals surface area contributed by atoms with Crippen molar-refractivity contribution in [1.29, 1.82) is 0 Å². The van der Waals surface area contributed by atoms with E-state index in [1.54, 1.807) is 0 Å². The van der Waals surface area contributed by atoms with Crippen molar-refractivity contribution in [2.24, 2.45) is 11.1 Å². The van der Waals surface area contributed by atoms with Gasteiger partial charge in [0.1, 0.15) is 0 Å². The molecule has 4 nitrogen and oxygen atoms in total. The maximum absolute atomic E-state index is 11.9. The zero-order valence-electron chi connectivity index (χ0n) is 12.3. The van der Waals surface area contributed by atoms with Gasteiger partial charge < -0.3 is 11.1 Å². The lowest BCUT2D eigenvalue weighted by Gasteiger charge is -2.33. The number of nitrogens with one attached hydrogen (secondary N) is 1. The number of hydrogen-bond donors (Lipinski definition) is 2. The average Bonchev–Trinajstić information content (AvgIpc) is 2.29. The molecule has 4 heteroatoms. The minimum absolute atomic E-state index is 0.0350. The summed E-state index contributed by atoms with van der Waals surface area (Å²) >= 11 is 0. The second kappa shape index (κ2) is 6.53. The first kappa shape index (κ1) is 15.4. The molecule has 1 heterocycles. The molecule has 1 fully saturated rings. The molecule has 0 aromatic heterocycles. The van der Waals surface area contributed by atoms with Crippen LogP contribution in [0, 0.1) is 5.41 Å². The summed E-state index contributed by atoms with van der Waals surface area (Å²) in [4.78, 5) is 14.3. The number of likely N-dealkylation sites (tertiary alicyclic amines) is 1. The van der Waals surface area contributed by atoms with Crippen LogP contribution in [0.2, 0.25) is 0 Å². The van der Waals surface area contributed by atoms with Crippen molar-refractivity contribution in [2.75, 3.05) is 19.6 Å². The van der Waals surface area contributed by atoms with Crippen LogP contribution < -0.4 is 11.1 Å². The van der Waals surface area contributed by atoms with Gasteiger partial charge in [-0.05, 0) is 31.7 Å². The average molecular weight is 255 g/mol. The summed E-state index contributed by atoms with van der Waals surface area (Å²) in [6.07, 6.45) is 3.88. The maximum Gasteiger partial charge on any atom is 0.237 e. The highest BCUT2D eigenvalue weighted by atomic mass is 16.2. The zero-order chi connectivity index (χ0) is 13.8. The van der Waals surface area contributed by atoms with Crippen LogP contribution in [0.1, 0.15) is 47.0 Å². The van der Waals surface area contributed by atoms with E-state index in [2.05, 4.69) is 17.1 Å². The highest BCUT2D eigenvalue weighted by Crippen LogP contribution is 2.17. The standard InChI is InChI=1S/C14H29N3O/c1-11-7-5-6-9-17(11)10-8-16-13(18)12(15)14(2,3)4/h11-12H,5-10,15H2,1-4H3,(H,16,18)/t11?,12-/m1/s1. The molecule has 1 aliphatic heterocycles. The number of nitrogens with zero attached hydrogens (tertiary/aromatic N) is 1. The van der Waals surface area contributed by atoms with Crippen LogP contribution in [0.25, 0.3) is 0 Å². The normalized spacial score (nSPS) is 23.7. The van der Waals surface area contributed by atoms with Gasteiger partial charge in [0.15, 0.2) is 0 Å². The number of carbonyl (C=O) groups excluding carboxylic acids is 1. The van der Waals surface area contributed by atoms with Gasteiger partial charge in [0, 0.05) is 19.1 Å². The van der Waals surface area contributed by atoms with Crippen LogP contribution in [0.4, 0.5) is 0 Å². The molecule has 0 aromatic rings. The SMILES string of the molecule is CC1CCCCN1CCNC(=O)[C@@H](N)C(C)(C)C. The Bertz CT molecular complexity index is 273. The summed E-state index contributed by atoms with van der Waals surface area (Å²) in [5.41, 5.74) is 5.74. The summed E-state index contributed by atoms with van der Waals surface area (Å²) in [7, 11) is 0. The fourth-order valence-electron chi connectivity index (χ4n) is 2.32. The summed E-state index contributed by atoms with van der Waals surface area (Å²) in [5, 5.41) is 2.95. The summed E-state index contributed by atoms with van der Waals surface area (Å²) in [5.74, 6) is -0.0350. The molecule has 0 bridgehead atoms. The lowest BCUT2D eigenvalue weighted by Crippen LogP contribution is -2.50. The Balaban J connectivity index is 2.27. The second-order valence-electron chi connectivity index (χ2n) is 6.52. The van der Waals surface area contributed by atoms with Gasteiger partial charge in [0.05, 0.1) is 6.04 Å². The first-order valence-corrected chi connectivity index (χ1v) is 7.09. The molecule has 0 spiro atoms. The largest absolute Gasteiger partial charge is 0.353 e. The highest BCUT2D eigenvalue weighted by Gasteiger charge is 2.27. The van der Waals surface area contributed by atoms with Gasteiger partial charge in [0.2, 0.25) is 5.91 Å². The molecule has 3 N–H and O–H groups in total. The van der Waals surface area contributed by atoms with Gasteiger partial charge in [-0.1, -0.05) is 27.2 Å². The molecule has 1 rings (SSSR count). The molecule has 0 aromatic carbocycles. The lowest BCUT2D eigenvalue weighted by molar-refractivity contribution is -0.124. The van der Waals surface area contributed by atoms with Crippen LogP contribution >= 0.6 is 0 Å². The van der Waals surface area contributed by atoms with Crippen LogP contribution in [0.15, 0.2) is 0 Å². The molecular weight excluding hydrogens is 226 g/mol. The Kier molecular flexibility index (Phi) is 5.60. The fourth-order valence-corrected chi connectivity index (χ4v) is 2.32. The van der Waals surface area contributed by atoms with Crippen molar-refractivity contribution in [3.8, 4) is 0 Å². The Morgan fingerprint density at radius 1 is 1.44 bits per heavy atom. The molecule has 106 valence electrons. The topological polar surface area (TPSA) is 58.4 Å². The third-order valence-corrected chi connectivity index (χ3v) is 3.85. The molecule has 1 amide bonds. The van der Waals surface area contributed by atoms with E-state index in [1.807, 2.05) is 20.8 Å². The van der Waals surface area contributed by atoms with E-state index in [0.717, 1.165) is 13.1 Å². The third-order valence-electron chi connectivity index (χ3n) is 3.85. The van der Waals surface area contributed by atoms with Gasteiger partial charge in [-0.25, -0.2) is 0 Å². The molecule has 1 aliphatic rings. The predicted octanol–water partition coefficient (Wildman–Crippen LogP) is 1.35. The summed E-state index contributed by atoms with van der Waals surface area (Å²) in [6, 6.07) is 0.211. The summed E-state index contributed by atoms with van der Waals surface area (Å²) in [6.45, 7) is 11.0. The smallest absolute Gasteiger partial charge is 0.237 e. The van der Waals surface area contributed by atoms with Gasteiger partial charge in [-0.2, -0.15) is 0 Å². The van der Waals surface area contributed by atoms with Gasteiger partial charge in [0.25, 0.3) is 0 Å². The van der Waals surface area contributed by atoms with Crippen molar-refractivity contribution >= 4 is 5.91 Å². The van der Waals surface area contributed by atoms with Gasteiger partial charge in [-0.3, -0.25) is 9.69 Å². The Morgan fingerprint density at radius 3 is 2.67 bits per heavy atom. The molecule has 0 aliphatic carbocycles. The molecule has 1 saturated heterocycles. The van der Waals surface area contributed by atoms with Crippen LogP contribution in [-0.4, -0.2) is 42.5 Å². The fraction of sp³-hybridized carbons (Fsp3) is 0.929. The van der Waals surface area contributed by atoms with E-state index in [-0.39, 0.29) is 11.3 Å². The molecule has 1 unspecified atom stereocenters. The first-order chi connectivity index (χ1) is 8.32. The molecule has 2 atom stereocenters. The monoisotopic (exact) mass is 255 g/mol. The zero-order valence-corrected chi connectivity index (χ0v) is 12.3. The van der Waals surface area contributed by atoms with Crippen LogP contribution in [-0.2, 0) is 4.79 Å². The summed E-state index contributed by atoms with van der Waals surface area (Å²) < 4.78 is 0. The third kappa shape index (κ3) is 4.58. The number of rotatable bonds is 4. The van der Waals surface area contributed by atoms with E-state index in [4.69, 9.17) is 5.73 Å². The quantitative estimate of drug-likeness (QED) is 0.797. The Morgan fingerprint density at radius 2 is 2.11 bits per heavy atom. The van der Waals surface area contributed by atoms with Crippen molar-refractivity contribution in [2.45, 2.75) is 59.0 Å². The van der Waals surface area contributed by atoms with Gasteiger partial charge in [-0.15, -0.1) is 0 Å². The van der Waals surface area contributed by atoms with Crippen LogP contribution in [0.5, 0.6) is 0 Å². The van der Waals surface area contributed by atoms with E-state index in [9.17, 15) is 4.79 Å². The van der Waals surface area contributed by atoms with Gasteiger partial charge >= 0.3 is 0 Å². The minimum atomic E-state index is -0.434. The van der Waals surface area contributed by atoms with E-state index < -0.39 is 6.04 Å². The molecular formula is C14H29N3O. The number of nitrogens with two attached hydrogens (primary N) is 1. The van der Waals surface area contributed by atoms with E-state index in [0.29, 0.717) is 12.6 Å². The van der Waals surface area contributed by atoms with Crippen molar-refractivity contribution in [1.82, 2.24) is 10.2 Å². The predicted molar refractivity (Wildman–Crippen MR) is 75.3 cm³/mol. The lowest BCUT2D eigenvalue weighted by atomic mass is 9.87. The van der Waals surface area contributed by atoms with Crippen LogP contribution in [0.3, 0.4) is 0 Å². The molecule has 18 heavy (non-hydrogen) atoms. The first-order valence-electron chi connectivity index (χ1n) is 7.09. The van der Waals surface area contributed by atoms with Crippen molar-refractivity contribution in [3.63, 3.8) is 0 Å². The van der Waals surface area contributed by atoms with E-state index >= 15 is 0 Å². The Hall–Kier alpha value is -0.610. The van der Waals surface area contributed by atoms with Crippen molar-refractivity contribution < 1.29 is 4.79 Å². The van der Waals surface area contributed by atoms with Crippen molar-refractivity contribution in [3.05, 3.63) is 0 Å². The maximum atomic E-state index is 11.9. The number of hydrogen-bond acceptors (Lipinski definition) is 3. The molecule has 0 saturated carbocycles. The minimum Gasteiger partial charge on any atom is -0.353 e. The highest BCUT2D eigenvalue weighted by molar-refractivity contribution is 5.82. The molecule has 0 radical (unpaired) electrons. The number of piperidine rings is 1.